The van der Waals surface area contributed by atoms with Gasteiger partial charge in [0.1, 0.15) is 5.82 Å². The minimum atomic E-state index is -0.585. The Hall–Kier alpha value is -1.39. The predicted molar refractivity (Wildman–Crippen MR) is 71.8 cm³/mol. The average Bonchev–Trinajstić information content (AvgIpc) is 2.33. The molecule has 1 heterocycles. The molecule has 0 aliphatic heterocycles. The molecule has 1 aromatic heterocycles. The maximum Gasteiger partial charge on any atom is 0.224 e. The van der Waals surface area contributed by atoms with Gasteiger partial charge in [0.2, 0.25) is 5.28 Å². The van der Waals surface area contributed by atoms with Gasteiger partial charge < -0.3 is 10.4 Å². The van der Waals surface area contributed by atoms with Gasteiger partial charge in [-0.25, -0.2) is 9.97 Å². The fraction of sp³-hybridized carbons (Fsp3) is 0.385. The molecule has 1 aliphatic rings. The first-order valence-corrected chi connectivity index (χ1v) is 6.43. The predicted octanol–water partition coefficient (Wildman–Crippen LogP) is 2.61. The van der Waals surface area contributed by atoms with Crippen molar-refractivity contribution < 1.29 is 5.11 Å². The summed E-state index contributed by atoms with van der Waals surface area (Å²) < 4.78 is 0. The second-order valence-corrected chi connectivity index (χ2v) is 5.13. The standard InChI is InChI=1S/C13H14ClN3O/c14-12-16-10-5-2-1-4-9(10)11(17-12)15-8-13(18)6-3-7-13/h1-2,4-5,18H,3,6-8H2,(H,15,16,17). The van der Waals surface area contributed by atoms with Gasteiger partial charge in [0.15, 0.2) is 0 Å². The molecule has 0 saturated heterocycles. The number of aliphatic hydroxyl groups is 1. The summed E-state index contributed by atoms with van der Waals surface area (Å²) in [7, 11) is 0. The lowest BCUT2D eigenvalue weighted by molar-refractivity contribution is -0.0202. The number of anilines is 1. The fourth-order valence-corrected chi connectivity index (χ4v) is 2.37. The fourth-order valence-electron chi connectivity index (χ4n) is 2.19. The third kappa shape index (κ3) is 2.13. The van der Waals surface area contributed by atoms with Gasteiger partial charge in [0, 0.05) is 11.9 Å². The average molecular weight is 264 g/mol. The molecule has 1 aromatic carbocycles. The Kier molecular flexibility index (Phi) is 2.84. The lowest BCUT2D eigenvalue weighted by Crippen LogP contribution is -2.43. The number of nitrogens with one attached hydrogen (secondary N) is 1. The zero-order chi connectivity index (χ0) is 12.6. The Balaban J connectivity index is 1.90. The minimum Gasteiger partial charge on any atom is -0.388 e. The SMILES string of the molecule is OC1(CNc2nc(Cl)nc3ccccc23)CCC1. The Morgan fingerprint density at radius 1 is 1.28 bits per heavy atom. The molecule has 0 atom stereocenters. The van der Waals surface area contributed by atoms with E-state index in [-0.39, 0.29) is 5.28 Å². The molecule has 1 saturated carbocycles. The molecule has 0 unspecified atom stereocenters. The van der Waals surface area contributed by atoms with Gasteiger partial charge in [0.05, 0.1) is 11.1 Å². The molecule has 0 spiro atoms. The lowest BCUT2D eigenvalue weighted by Gasteiger charge is -2.36. The molecule has 1 aliphatic carbocycles. The number of hydrogen-bond acceptors (Lipinski definition) is 4. The molecule has 18 heavy (non-hydrogen) atoms. The van der Waals surface area contributed by atoms with Crippen molar-refractivity contribution in [3.63, 3.8) is 0 Å². The summed E-state index contributed by atoms with van der Waals surface area (Å²) in [6, 6.07) is 7.68. The summed E-state index contributed by atoms with van der Waals surface area (Å²) >= 11 is 5.90. The molecule has 0 amide bonds. The highest BCUT2D eigenvalue weighted by Gasteiger charge is 2.34. The van der Waals surface area contributed by atoms with E-state index in [1.807, 2.05) is 24.3 Å². The van der Waals surface area contributed by atoms with Crippen LogP contribution in [0, 0.1) is 0 Å². The van der Waals surface area contributed by atoms with Crippen molar-refractivity contribution in [2.45, 2.75) is 24.9 Å². The number of halogens is 1. The molecular formula is C13H14ClN3O. The van der Waals surface area contributed by atoms with Gasteiger partial charge in [-0.1, -0.05) is 12.1 Å². The van der Waals surface area contributed by atoms with Crippen LogP contribution in [0.3, 0.4) is 0 Å². The van der Waals surface area contributed by atoms with Gasteiger partial charge in [-0.2, -0.15) is 0 Å². The number of aromatic nitrogens is 2. The number of fused-ring (bicyclic) bond motifs is 1. The summed E-state index contributed by atoms with van der Waals surface area (Å²) in [6.45, 7) is 0.504. The van der Waals surface area contributed by atoms with Crippen LogP contribution in [-0.4, -0.2) is 27.2 Å². The summed E-state index contributed by atoms with van der Waals surface area (Å²) in [6.07, 6.45) is 2.77. The maximum absolute atomic E-state index is 10.1. The molecule has 3 rings (SSSR count). The topological polar surface area (TPSA) is 58.0 Å². The van der Waals surface area contributed by atoms with E-state index >= 15 is 0 Å². The highest BCUT2D eigenvalue weighted by molar-refractivity contribution is 6.28. The highest BCUT2D eigenvalue weighted by Crippen LogP contribution is 2.32. The maximum atomic E-state index is 10.1. The number of hydrogen-bond donors (Lipinski definition) is 2. The first-order chi connectivity index (χ1) is 8.66. The van der Waals surface area contributed by atoms with Crippen molar-refractivity contribution in [2.75, 3.05) is 11.9 Å². The van der Waals surface area contributed by atoms with Crippen molar-refractivity contribution in [1.82, 2.24) is 9.97 Å². The Morgan fingerprint density at radius 3 is 2.78 bits per heavy atom. The van der Waals surface area contributed by atoms with Crippen molar-refractivity contribution >= 4 is 28.3 Å². The van der Waals surface area contributed by atoms with Crippen LogP contribution in [0.5, 0.6) is 0 Å². The third-order valence-corrected chi connectivity index (χ3v) is 3.61. The van der Waals surface area contributed by atoms with Crippen LogP contribution in [0.15, 0.2) is 24.3 Å². The van der Waals surface area contributed by atoms with Crippen molar-refractivity contribution in [3.05, 3.63) is 29.5 Å². The first-order valence-electron chi connectivity index (χ1n) is 6.05. The van der Waals surface area contributed by atoms with Crippen LogP contribution in [0.2, 0.25) is 5.28 Å². The van der Waals surface area contributed by atoms with Crippen LogP contribution in [0.1, 0.15) is 19.3 Å². The third-order valence-electron chi connectivity index (χ3n) is 3.45. The Labute approximate surface area is 110 Å². The number of rotatable bonds is 3. The lowest BCUT2D eigenvalue weighted by atomic mass is 9.80. The van der Waals surface area contributed by atoms with Crippen LogP contribution in [-0.2, 0) is 0 Å². The van der Waals surface area contributed by atoms with Gasteiger partial charge >= 0.3 is 0 Å². The molecule has 0 bridgehead atoms. The summed E-state index contributed by atoms with van der Waals surface area (Å²) in [5.74, 6) is 0.686. The zero-order valence-corrected chi connectivity index (χ0v) is 10.6. The van der Waals surface area contributed by atoms with Gasteiger partial charge in [-0.15, -0.1) is 0 Å². The number of benzene rings is 1. The molecule has 2 N–H and O–H groups in total. The number of para-hydroxylation sites is 1. The van der Waals surface area contributed by atoms with Crippen LogP contribution < -0.4 is 5.32 Å². The van der Waals surface area contributed by atoms with Gasteiger partial charge in [-0.3, -0.25) is 0 Å². The van der Waals surface area contributed by atoms with E-state index in [0.29, 0.717) is 12.4 Å². The summed E-state index contributed by atoms with van der Waals surface area (Å²) in [4.78, 5) is 8.36. The molecule has 94 valence electrons. The van der Waals surface area contributed by atoms with E-state index in [2.05, 4.69) is 15.3 Å². The first kappa shape index (κ1) is 11.7. The Bertz CT molecular complexity index is 583. The van der Waals surface area contributed by atoms with E-state index in [4.69, 9.17) is 11.6 Å². The van der Waals surface area contributed by atoms with E-state index in [1.54, 1.807) is 0 Å². The van der Waals surface area contributed by atoms with E-state index in [0.717, 1.165) is 30.2 Å². The van der Waals surface area contributed by atoms with Crippen molar-refractivity contribution in [2.24, 2.45) is 0 Å². The van der Waals surface area contributed by atoms with E-state index in [9.17, 15) is 5.11 Å². The summed E-state index contributed by atoms with van der Waals surface area (Å²) in [5, 5.41) is 14.4. The second kappa shape index (κ2) is 4.37. The molecule has 5 heteroatoms. The normalized spacial score (nSPS) is 17.4. The molecule has 2 aromatic rings. The van der Waals surface area contributed by atoms with Gasteiger partial charge in [0.25, 0.3) is 0 Å². The molecule has 0 radical (unpaired) electrons. The van der Waals surface area contributed by atoms with Crippen LogP contribution in [0.4, 0.5) is 5.82 Å². The van der Waals surface area contributed by atoms with Crippen LogP contribution >= 0.6 is 11.6 Å². The second-order valence-electron chi connectivity index (χ2n) is 4.79. The summed E-state index contributed by atoms with van der Waals surface area (Å²) in [5.41, 5.74) is 0.221. The van der Waals surface area contributed by atoms with Crippen molar-refractivity contribution in [3.8, 4) is 0 Å². The molecule has 4 nitrogen and oxygen atoms in total. The smallest absolute Gasteiger partial charge is 0.224 e. The van der Waals surface area contributed by atoms with Crippen molar-refractivity contribution in [1.29, 1.82) is 0 Å². The zero-order valence-electron chi connectivity index (χ0n) is 9.86. The van der Waals surface area contributed by atoms with E-state index in [1.165, 1.54) is 0 Å². The minimum absolute atomic E-state index is 0.219. The molecular weight excluding hydrogens is 250 g/mol. The monoisotopic (exact) mass is 263 g/mol. The highest BCUT2D eigenvalue weighted by atomic mass is 35.5. The van der Waals surface area contributed by atoms with Gasteiger partial charge in [-0.05, 0) is 43.0 Å². The quantitative estimate of drug-likeness (QED) is 0.836. The molecule has 1 fully saturated rings. The largest absolute Gasteiger partial charge is 0.388 e. The van der Waals surface area contributed by atoms with Crippen LogP contribution in [0.25, 0.3) is 10.9 Å². The number of nitrogens with zero attached hydrogens (tertiary/aromatic N) is 2. The Morgan fingerprint density at radius 2 is 2.06 bits per heavy atom. The van der Waals surface area contributed by atoms with E-state index < -0.39 is 5.60 Å².